The lowest BCUT2D eigenvalue weighted by atomic mass is 10.2. The number of rotatable bonds is 3. The molecule has 1 N–H and O–H groups in total. The van der Waals surface area contributed by atoms with Gasteiger partial charge in [0.15, 0.2) is 0 Å². The summed E-state index contributed by atoms with van der Waals surface area (Å²) in [6, 6.07) is 6.35. The van der Waals surface area contributed by atoms with Crippen molar-refractivity contribution in [3.05, 3.63) is 42.5 Å². The van der Waals surface area contributed by atoms with Gasteiger partial charge in [-0.25, -0.2) is 0 Å². The lowest BCUT2D eigenvalue weighted by molar-refractivity contribution is -0.519. The van der Waals surface area contributed by atoms with E-state index in [1.165, 1.54) is 4.68 Å². The molecule has 0 amide bonds. The predicted molar refractivity (Wildman–Crippen MR) is 56.1 cm³/mol. The third-order valence-electron chi connectivity index (χ3n) is 2.07. The number of nitrogens with zero attached hydrogens (tertiary/aromatic N) is 3. The van der Waals surface area contributed by atoms with Crippen molar-refractivity contribution in [3.8, 4) is 5.69 Å². The number of hydrogen-bond acceptors (Lipinski definition) is 4. The van der Waals surface area contributed by atoms with E-state index in [2.05, 4.69) is 5.10 Å². The highest BCUT2D eigenvalue weighted by Crippen LogP contribution is 2.05. The van der Waals surface area contributed by atoms with E-state index in [1.54, 1.807) is 24.3 Å². The lowest BCUT2D eigenvalue weighted by Gasteiger charge is -1.93. The molecule has 1 aromatic carbocycles. The first kappa shape index (κ1) is 11.4. The molecule has 1 heterocycles. The van der Waals surface area contributed by atoms with Gasteiger partial charge in [-0.05, 0) is 24.3 Å². The fraction of sp³-hybridized carbons (Fsp3) is 0. The van der Waals surface area contributed by atoms with Crippen LogP contribution in [0.5, 0.6) is 0 Å². The predicted octanol–water partition coefficient (Wildman–Crippen LogP) is -0.377. The number of aldehydes is 1. The van der Waals surface area contributed by atoms with Crippen LogP contribution < -0.4 is 3.97 Å². The summed E-state index contributed by atoms with van der Waals surface area (Å²) < 4.78 is 32.2. The average molecular weight is 254 g/mol. The molecule has 1 aromatic heterocycles. The summed E-state index contributed by atoms with van der Waals surface area (Å²) in [5, 5.41) is 3.76. The van der Waals surface area contributed by atoms with Gasteiger partial charge in [0.25, 0.3) is 6.33 Å². The molecule has 0 spiro atoms. The molecule has 2 rings (SSSR count). The van der Waals surface area contributed by atoms with Crippen LogP contribution in [-0.4, -0.2) is 29.0 Å². The second-order valence-corrected chi connectivity index (χ2v) is 4.53. The van der Waals surface area contributed by atoms with Gasteiger partial charge in [-0.2, -0.15) is 8.42 Å². The Morgan fingerprint density at radius 3 is 2.41 bits per heavy atom. The molecular formula is C9H8N3O4S+. The maximum atomic E-state index is 10.8. The SMILES string of the molecule is O=Cc1ccc(-n2c[n+](S(=O)(=O)O)cn2)cc1. The van der Waals surface area contributed by atoms with Crippen molar-refractivity contribution in [2.24, 2.45) is 0 Å². The number of hydrogen-bond donors (Lipinski definition) is 1. The van der Waals surface area contributed by atoms with Crippen LogP contribution in [-0.2, 0) is 10.3 Å². The van der Waals surface area contributed by atoms with E-state index in [1.807, 2.05) is 0 Å². The fourth-order valence-corrected chi connectivity index (χ4v) is 1.60. The monoisotopic (exact) mass is 254 g/mol. The Hall–Kier alpha value is -2.06. The van der Waals surface area contributed by atoms with E-state index in [9.17, 15) is 13.2 Å². The summed E-state index contributed by atoms with van der Waals surface area (Å²) in [5.41, 5.74) is 1.07. The van der Waals surface area contributed by atoms with E-state index >= 15 is 0 Å². The Morgan fingerprint density at radius 2 is 1.94 bits per heavy atom. The number of carbonyl (C=O) groups is 1. The number of aromatic nitrogens is 3. The Balaban J connectivity index is 2.40. The average Bonchev–Trinajstić information content (AvgIpc) is 2.78. The van der Waals surface area contributed by atoms with Crippen molar-refractivity contribution in [2.75, 3.05) is 0 Å². The molecule has 0 radical (unpaired) electrons. The first-order valence-electron chi connectivity index (χ1n) is 4.50. The van der Waals surface area contributed by atoms with Gasteiger partial charge in [0.2, 0.25) is 6.33 Å². The van der Waals surface area contributed by atoms with E-state index in [0.717, 1.165) is 12.7 Å². The minimum absolute atomic E-state index is 0.503. The quantitative estimate of drug-likeness (QED) is 0.458. The maximum absolute atomic E-state index is 10.8. The molecule has 0 unspecified atom stereocenters. The van der Waals surface area contributed by atoms with Crippen LogP contribution in [0.15, 0.2) is 36.9 Å². The van der Waals surface area contributed by atoms with Gasteiger partial charge in [0.05, 0.1) is 0 Å². The second kappa shape index (κ2) is 4.07. The normalized spacial score (nSPS) is 11.4. The molecule has 2 aromatic rings. The molecule has 8 heteroatoms. The number of carbonyl (C=O) groups excluding carboxylic acids is 1. The van der Waals surface area contributed by atoms with Gasteiger partial charge in [-0.3, -0.25) is 9.35 Å². The Kier molecular flexibility index (Phi) is 2.74. The lowest BCUT2D eigenvalue weighted by Crippen LogP contribution is -2.40. The topological polar surface area (TPSA) is 93.1 Å². The Morgan fingerprint density at radius 1 is 1.29 bits per heavy atom. The molecule has 0 saturated heterocycles. The molecule has 0 aliphatic rings. The van der Waals surface area contributed by atoms with Crippen LogP contribution in [0.2, 0.25) is 0 Å². The smallest absolute Gasteiger partial charge is 0.298 e. The third kappa shape index (κ3) is 2.37. The molecule has 17 heavy (non-hydrogen) atoms. The standard InChI is InChI=1S/C9H7N3O4S/c13-5-8-1-3-9(4-2-8)12-7-11(6-10-12)17(14,15)16/h1-7H/p+1. The van der Waals surface area contributed by atoms with Crippen LogP contribution in [0.3, 0.4) is 0 Å². The third-order valence-corrected chi connectivity index (χ3v) is 2.79. The van der Waals surface area contributed by atoms with Crippen LogP contribution in [0, 0.1) is 0 Å². The zero-order valence-corrected chi connectivity index (χ0v) is 9.28. The van der Waals surface area contributed by atoms with Crippen LogP contribution in [0.1, 0.15) is 10.4 Å². The Labute approximate surface area is 96.8 Å². The molecule has 0 aliphatic heterocycles. The minimum Gasteiger partial charge on any atom is -0.298 e. The van der Waals surface area contributed by atoms with E-state index in [4.69, 9.17) is 4.55 Å². The summed E-state index contributed by atoms with van der Waals surface area (Å²) in [6.07, 6.45) is 2.76. The molecule has 7 nitrogen and oxygen atoms in total. The van der Waals surface area contributed by atoms with Crippen molar-refractivity contribution in [1.29, 1.82) is 0 Å². The summed E-state index contributed by atoms with van der Waals surface area (Å²) in [6.45, 7) is 0. The highest BCUT2D eigenvalue weighted by Gasteiger charge is 2.17. The second-order valence-electron chi connectivity index (χ2n) is 3.21. The van der Waals surface area contributed by atoms with Gasteiger partial charge in [0, 0.05) is 10.7 Å². The van der Waals surface area contributed by atoms with E-state index in [-0.39, 0.29) is 0 Å². The van der Waals surface area contributed by atoms with Crippen molar-refractivity contribution < 1.29 is 21.7 Å². The fourth-order valence-electron chi connectivity index (χ4n) is 1.23. The summed E-state index contributed by atoms with van der Waals surface area (Å²) in [7, 11) is -4.33. The van der Waals surface area contributed by atoms with Crippen molar-refractivity contribution in [1.82, 2.24) is 9.78 Å². The molecule has 0 atom stereocenters. The van der Waals surface area contributed by atoms with Crippen LogP contribution >= 0.6 is 0 Å². The summed E-state index contributed by atoms with van der Waals surface area (Å²) in [4.78, 5) is 10.5. The van der Waals surface area contributed by atoms with Crippen molar-refractivity contribution >= 4 is 16.6 Å². The molecule has 0 aliphatic carbocycles. The van der Waals surface area contributed by atoms with Gasteiger partial charge in [0.1, 0.15) is 12.0 Å². The van der Waals surface area contributed by atoms with Crippen molar-refractivity contribution in [2.45, 2.75) is 0 Å². The highest BCUT2D eigenvalue weighted by atomic mass is 32.2. The summed E-state index contributed by atoms with van der Waals surface area (Å²) >= 11 is 0. The first-order valence-corrected chi connectivity index (χ1v) is 5.90. The molecule has 0 saturated carbocycles. The number of benzene rings is 1. The maximum Gasteiger partial charge on any atom is 0.416 e. The molecule has 0 fully saturated rings. The molecular weight excluding hydrogens is 246 g/mol. The highest BCUT2D eigenvalue weighted by molar-refractivity contribution is 7.79. The molecule has 88 valence electrons. The molecule has 0 bridgehead atoms. The van der Waals surface area contributed by atoms with Crippen LogP contribution in [0.4, 0.5) is 0 Å². The van der Waals surface area contributed by atoms with Crippen LogP contribution in [0.25, 0.3) is 5.69 Å². The largest absolute Gasteiger partial charge is 0.416 e. The van der Waals surface area contributed by atoms with Gasteiger partial charge < -0.3 is 0 Å². The van der Waals surface area contributed by atoms with Gasteiger partial charge in [-0.1, -0.05) is 4.68 Å². The Bertz CT molecular complexity index is 645. The van der Waals surface area contributed by atoms with E-state index < -0.39 is 10.3 Å². The first-order chi connectivity index (χ1) is 8.00. The van der Waals surface area contributed by atoms with Crippen molar-refractivity contribution in [3.63, 3.8) is 0 Å². The van der Waals surface area contributed by atoms with Gasteiger partial charge >= 0.3 is 10.3 Å². The van der Waals surface area contributed by atoms with Gasteiger partial charge in [-0.15, -0.1) is 3.97 Å². The zero-order valence-electron chi connectivity index (χ0n) is 8.46. The zero-order chi connectivity index (χ0) is 12.5. The summed E-state index contributed by atoms with van der Waals surface area (Å²) in [5.74, 6) is 0. The van der Waals surface area contributed by atoms with E-state index in [0.29, 0.717) is 21.5 Å². The minimum atomic E-state index is -4.33.